The van der Waals surface area contributed by atoms with Gasteiger partial charge >= 0.3 is 0 Å². The highest BCUT2D eigenvalue weighted by Gasteiger charge is 2.34. The molecule has 0 spiro atoms. The first-order chi connectivity index (χ1) is 13.6. The van der Waals surface area contributed by atoms with Crippen LogP contribution in [0, 0.1) is 0 Å². The molecule has 3 rings (SSSR count). The Kier molecular flexibility index (Phi) is 10.2. The van der Waals surface area contributed by atoms with Crippen LogP contribution in [0.1, 0.15) is 43.9 Å². The summed E-state index contributed by atoms with van der Waals surface area (Å²) < 4.78 is 0. The van der Waals surface area contributed by atoms with Crippen LogP contribution < -0.4 is 10.6 Å². The van der Waals surface area contributed by atoms with Gasteiger partial charge in [-0.3, -0.25) is 14.7 Å². The lowest BCUT2D eigenvalue weighted by atomic mass is 9.73. The van der Waals surface area contributed by atoms with Crippen molar-refractivity contribution in [2.24, 2.45) is 4.99 Å². The van der Waals surface area contributed by atoms with Crippen molar-refractivity contribution in [3.05, 3.63) is 22.4 Å². The minimum Gasteiger partial charge on any atom is -0.355 e. The van der Waals surface area contributed by atoms with Crippen molar-refractivity contribution in [3.8, 4) is 0 Å². The number of guanidine groups is 1. The van der Waals surface area contributed by atoms with Crippen molar-refractivity contribution in [1.82, 2.24) is 20.4 Å². The molecule has 1 amide bonds. The molecule has 1 aliphatic heterocycles. The number of thiophene rings is 1. The lowest BCUT2D eigenvalue weighted by Gasteiger charge is -2.37. The van der Waals surface area contributed by atoms with Gasteiger partial charge in [-0.2, -0.15) is 0 Å². The molecule has 1 aliphatic carbocycles. The summed E-state index contributed by atoms with van der Waals surface area (Å²) in [5, 5.41) is 9.27. The predicted octanol–water partition coefficient (Wildman–Crippen LogP) is 2.90. The Hall–Kier alpha value is -0.870. The predicted molar refractivity (Wildman–Crippen MR) is 133 cm³/mol. The average Bonchev–Trinajstić information content (AvgIpc) is 3.27. The molecule has 29 heavy (non-hydrogen) atoms. The molecule has 1 aromatic rings. The van der Waals surface area contributed by atoms with E-state index in [-0.39, 0.29) is 35.3 Å². The highest BCUT2D eigenvalue weighted by Crippen LogP contribution is 2.41. The van der Waals surface area contributed by atoms with E-state index in [1.54, 1.807) is 6.92 Å². The summed E-state index contributed by atoms with van der Waals surface area (Å²) in [7, 11) is 1.85. The highest BCUT2D eigenvalue weighted by molar-refractivity contribution is 14.0. The first-order valence-corrected chi connectivity index (χ1v) is 11.5. The molecule has 2 N–H and O–H groups in total. The van der Waals surface area contributed by atoms with Crippen molar-refractivity contribution in [3.63, 3.8) is 0 Å². The van der Waals surface area contributed by atoms with Gasteiger partial charge in [0.25, 0.3) is 0 Å². The molecule has 0 bridgehead atoms. The zero-order chi connectivity index (χ0) is 19.8. The number of carbonyl (C=O) groups is 1. The third-order valence-electron chi connectivity index (χ3n) is 6.21. The maximum atomic E-state index is 11.4. The van der Waals surface area contributed by atoms with Gasteiger partial charge in [-0.05, 0) is 24.3 Å². The fourth-order valence-corrected chi connectivity index (χ4v) is 5.40. The molecule has 2 heterocycles. The molecule has 0 atom stereocenters. The highest BCUT2D eigenvalue weighted by atomic mass is 127. The maximum absolute atomic E-state index is 11.4. The number of aliphatic imine (C=N–C) groups is 1. The molecule has 164 valence electrons. The third-order valence-corrected chi connectivity index (χ3v) is 7.33. The third kappa shape index (κ3) is 6.82. The van der Waals surface area contributed by atoms with Gasteiger partial charge in [-0.15, -0.1) is 35.3 Å². The minimum atomic E-state index is 0. The van der Waals surface area contributed by atoms with Crippen LogP contribution in [0.15, 0.2) is 22.5 Å². The van der Waals surface area contributed by atoms with Crippen LogP contribution in [-0.2, 0) is 10.2 Å². The first kappa shape index (κ1) is 24.4. The fourth-order valence-electron chi connectivity index (χ4n) is 4.41. The topological polar surface area (TPSA) is 60.0 Å². The van der Waals surface area contributed by atoms with Gasteiger partial charge in [0.1, 0.15) is 0 Å². The molecule has 2 aliphatic rings. The Labute approximate surface area is 196 Å². The van der Waals surface area contributed by atoms with Crippen LogP contribution >= 0.6 is 35.3 Å². The number of amides is 1. The molecule has 2 fully saturated rings. The summed E-state index contributed by atoms with van der Waals surface area (Å²) in [6.45, 7) is 8.03. The van der Waals surface area contributed by atoms with E-state index in [0.717, 1.165) is 51.8 Å². The zero-order valence-electron chi connectivity index (χ0n) is 17.8. The SMILES string of the molecule is CN=C(NCCN1CCN(C(C)=O)CC1)NCC1(c2cccs2)CCCCC1.I. The second kappa shape index (κ2) is 12.1. The summed E-state index contributed by atoms with van der Waals surface area (Å²) in [5.74, 6) is 1.08. The normalized spacial score (nSPS) is 20.1. The summed E-state index contributed by atoms with van der Waals surface area (Å²) in [6, 6.07) is 4.48. The lowest BCUT2D eigenvalue weighted by molar-refractivity contribution is -0.130. The minimum absolute atomic E-state index is 0. The summed E-state index contributed by atoms with van der Waals surface area (Å²) in [5.41, 5.74) is 0.257. The maximum Gasteiger partial charge on any atom is 0.219 e. The Balaban J connectivity index is 0.00000300. The van der Waals surface area contributed by atoms with E-state index in [4.69, 9.17) is 0 Å². The summed E-state index contributed by atoms with van der Waals surface area (Å²) in [4.78, 5) is 21.7. The number of nitrogens with zero attached hydrogens (tertiary/aromatic N) is 3. The largest absolute Gasteiger partial charge is 0.355 e. The van der Waals surface area contributed by atoms with E-state index in [1.165, 1.54) is 37.0 Å². The Bertz CT molecular complexity index is 638. The quantitative estimate of drug-likeness (QED) is 0.336. The van der Waals surface area contributed by atoms with Crippen molar-refractivity contribution < 1.29 is 4.79 Å². The zero-order valence-corrected chi connectivity index (χ0v) is 20.9. The number of halogens is 1. The van der Waals surface area contributed by atoms with Gasteiger partial charge in [-0.25, -0.2) is 0 Å². The van der Waals surface area contributed by atoms with Crippen LogP contribution in [0.25, 0.3) is 0 Å². The van der Waals surface area contributed by atoms with E-state index in [2.05, 4.69) is 38.0 Å². The van der Waals surface area contributed by atoms with Crippen LogP contribution in [-0.4, -0.2) is 74.5 Å². The van der Waals surface area contributed by atoms with Crippen LogP contribution in [0.5, 0.6) is 0 Å². The fraction of sp³-hybridized carbons (Fsp3) is 0.714. The molecule has 0 aromatic carbocycles. The molecule has 1 saturated heterocycles. The lowest BCUT2D eigenvalue weighted by Crippen LogP contribution is -2.51. The molecule has 0 unspecified atom stereocenters. The van der Waals surface area contributed by atoms with Gasteiger partial charge in [0.05, 0.1) is 0 Å². The van der Waals surface area contributed by atoms with E-state index in [1.807, 2.05) is 23.3 Å². The van der Waals surface area contributed by atoms with Crippen molar-refractivity contribution >= 4 is 47.2 Å². The Morgan fingerprint density at radius 2 is 1.90 bits per heavy atom. The standard InChI is InChI=1S/C21H35N5OS.HI/c1-18(27)26-14-12-25(13-15-26)11-10-23-20(22-2)24-17-21(8-4-3-5-9-21)19-7-6-16-28-19;/h6-7,16H,3-5,8-15,17H2,1-2H3,(H2,22,23,24);1H. The molecule has 1 saturated carbocycles. The molecule has 0 radical (unpaired) electrons. The van der Waals surface area contributed by atoms with Gasteiger partial charge < -0.3 is 15.5 Å². The van der Waals surface area contributed by atoms with Gasteiger partial charge in [0.15, 0.2) is 5.96 Å². The summed E-state index contributed by atoms with van der Waals surface area (Å²) in [6.07, 6.45) is 6.52. The molecule has 8 heteroatoms. The van der Waals surface area contributed by atoms with Crippen LogP contribution in [0.2, 0.25) is 0 Å². The Morgan fingerprint density at radius 3 is 2.48 bits per heavy atom. The van der Waals surface area contributed by atoms with Crippen molar-refractivity contribution in [2.75, 3.05) is 52.9 Å². The number of carbonyl (C=O) groups excluding carboxylic acids is 1. The van der Waals surface area contributed by atoms with Crippen LogP contribution in [0.3, 0.4) is 0 Å². The summed E-state index contributed by atoms with van der Waals surface area (Å²) >= 11 is 1.89. The smallest absolute Gasteiger partial charge is 0.219 e. The van der Waals surface area contributed by atoms with Crippen LogP contribution in [0.4, 0.5) is 0 Å². The number of rotatable bonds is 6. The number of nitrogens with one attached hydrogen (secondary N) is 2. The van der Waals surface area contributed by atoms with Gasteiger partial charge in [0, 0.05) is 70.1 Å². The number of piperazine rings is 1. The number of hydrogen-bond donors (Lipinski definition) is 2. The number of hydrogen-bond acceptors (Lipinski definition) is 4. The molecular weight excluding hydrogens is 497 g/mol. The average molecular weight is 534 g/mol. The molecular formula is C21H36IN5OS. The molecule has 6 nitrogen and oxygen atoms in total. The van der Waals surface area contributed by atoms with E-state index >= 15 is 0 Å². The second-order valence-corrected chi connectivity index (χ2v) is 8.97. The Morgan fingerprint density at radius 1 is 1.17 bits per heavy atom. The van der Waals surface area contributed by atoms with E-state index < -0.39 is 0 Å². The monoisotopic (exact) mass is 533 g/mol. The van der Waals surface area contributed by atoms with Crippen molar-refractivity contribution in [2.45, 2.75) is 44.4 Å². The van der Waals surface area contributed by atoms with Gasteiger partial charge in [-0.1, -0.05) is 25.3 Å². The van der Waals surface area contributed by atoms with E-state index in [9.17, 15) is 4.79 Å². The second-order valence-electron chi connectivity index (χ2n) is 8.02. The van der Waals surface area contributed by atoms with E-state index in [0.29, 0.717) is 0 Å². The van der Waals surface area contributed by atoms with Gasteiger partial charge in [0.2, 0.25) is 5.91 Å². The molecule has 1 aromatic heterocycles. The van der Waals surface area contributed by atoms with Crippen molar-refractivity contribution in [1.29, 1.82) is 0 Å². The first-order valence-electron chi connectivity index (χ1n) is 10.6.